The number of aryl methyl sites for hydroxylation is 1. The summed E-state index contributed by atoms with van der Waals surface area (Å²) in [4.78, 5) is 30.3. The van der Waals surface area contributed by atoms with Crippen LogP contribution >= 0.6 is 11.8 Å². The van der Waals surface area contributed by atoms with Crippen molar-refractivity contribution in [1.82, 2.24) is 14.7 Å². The number of anilines is 1. The number of fused-ring (bicyclic) bond motifs is 1. The standard InChI is InChI=1S/C21H18N4O3S/c1-29-16-9-5-8-15(12-16)23-17(26)10-11-25-13-22-19-18(14-6-3-2-4-7-14)24-28-20(19)21(25)27/h2-9,12-13H,10-11H2,1H3,(H,23,26). The van der Waals surface area contributed by atoms with Crippen LogP contribution in [0.2, 0.25) is 0 Å². The normalized spacial score (nSPS) is 10.9. The Bertz CT molecular complexity index is 1220. The summed E-state index contributed by atoms with van der Waals surface area (Å²) in [5.41, 5.74) is 2.21. The van der Waals surface area contributed by atoms with Crippen molar-refractivity contribution in [2.75, 3.05) is 11.6 Å². The molecule has 2 heterocycles. The number of carbonyl (C=O) groups is 1. The second-order valence-corrected chi connectivity index (χ2v) is 7.23. The molecule has 4 aromatic rings. The summed E-state index contributed by atoms with van der Waals surface area (Å²) >= 11 is 1.60. The van der Waals surface area contributed by atoms with Crippen molar-refractivity contribution in [1.29, 1.82) is 0 Å². The zero-order valence-corrected chi connectivity index (χ0v) is 16.5. The van der Waals surface area contributed by atoms with E-state index in [1.54, 1.807) is 11.8 Å². The van der Waals surface area contributed by atoms with Crippen LogP contribution < -0.4 is 10.9 Å². The Kier molecular flexibility index (Phi) is 5.44. The van der Waals surface area contributed by atoms with Crippen LogP contribution in [0, 0.1) is 0 Å². The summed E-state index contributed by atoms with van der Waals surface area (Å²) in [6.07, 6.45) is 3.54. The second-order valence-electron chi connectivity index (χ2n) is 6.35. The van der Waals surface area contributed by atoms with Gasteiger partial charge in [-0.2, -0.15) is 0 Å². The average molecular weight is 406 g/mol. The molecule has 2 aromatic carbocycles. The van der Waals surface area contributed by atoms with Crippen molar-refractivity contribution in [2.24, 2.45) is 0 Å². The van der Waals surface area contributed by atoms with E-state index in [0.29, 0.717) is 11.2 Å². The summed E-state index contributed by atoms with van der Waals surface area (Å²) < 4.78 is 6.62. The molecule has 0 aliphatic rings. The number of rotatable bonds is 6. The number of hydrogen-bond donors (Lipinski definition) is 1. The average Bonchev–Trinajstić information content (AvgIpc) is 3.19. The Labute approximate surface area is 170 Å². The van der Waals surface area contributed by atoms with E-state index in [1.165, 1.54) is 10.9 Å². The summed E-state index contributed by atoms with van der Waals surface area (Å²) in [6.45, 7) is 0.192. The molecule has 29 heavy (non-hydrogen) atoms. The van der Waals surface area contributed by atoms with Crippen LogP contribution in [0.4, 0.5) is 5.69 Å². The Hall–Kier alpha value is -3.39. The molecule has 0 unspecified atom stereocenters. The van der Waals surface area contributed by atoms with Gasteiger partial charge in [-0.05, 0) is 24.5 Å². The summed E-state index contributed by atoms with van der Waals surface area (Å²) in [5, 5.41) is 6.85. The van der Waals surface area contributed by atoms with Crippen molar-refractivity contribution in [2.45, 2.75) is 17.9 Å². The molecule has 0 fully saturated rings. The maximum atomic E-state index is 12.7. The van der Waals surface area contributed by atoms with Crippen molar-refractivity contribution in [3.05, 3.63) is 71.3 Å². The quantitative estimate of drug-likeness (QED) is 0.490. The van der Waals surface area contributed by atoms with Gasteiger partial charge < -0.3 is 9.84 Å². The Balaban J connectivity index is 1.49. The molecule has 7 nitrogen and oxygen atoms in total. The molecule has 0 saturated carbocycles. The van der Waals surface area contributed by atoms with Crippen LogP contribution in [-0.4, -0.2) is 26.9 Å². The van der Waals surface area contributed by atoms with Crippen LogP contribution in [0.15, 0.2) is 75.1 Å². The van der Waals surface area contributed by atoms with Gasteiger partial charge in [0.15, 0.2) is 0 Å². The van der Waals surface area contributed by atoms with E-state index < -0.39 is 0 Å². The predicted octanol–water partition coefficient (Wildman–Crippen LogP) is 3.80. The van der Waals surface area contributed by atoms with E-state index in [9.17, 15) is 9.59 Å². The largest absolute Gasteiger partial charge is 0.348 e. The van der Waals surface area contributed by atoms with E-state index in [-0.39, 0.29) is 30.0 Å². The Morgan fingerprint density at radius 3 is 2.79 bits per heavy atom. The minimum Gasteiger partial charge on any atom is -0.348 e. The number of amides is 1. The van der Waals surface area contributed by atoms with Crippen molar-refractivity contribution >= 4 is 34.5 Å². The van der Waals surface area contributed by atoms with Crippen LogP contribution in [0.25, 0.3) is 22.4 Å². The molecule has 2 aromatic heterocycles. The minimum absolute atomic E-state index is 0.0828. The first-order valence-corrected chi connectivity index (χ1v) is 10.2. The molecule has 0 radical (unpaired) electrons. The summed E-state index contributed by atoms with van der Waals surface area (Å²) in [6, 6.07) is 17.0. The SMILES string of the molecule is CSc1cccc(NC(=O)CCn2cnc3c(-c4ccccc4)noc3c2=O)c1. The van der Waals surface area contributed by atoms with Crippen LogP contribution in [-0.2, 0) is 11.3 Å². The highest BCUT2D eigenvalue weighted by Gasteiger charge is 2.16. The van der Waals surface area contributed by atoms with Crippen LogP contribution in [0.1, 0.15) is 6.42 Å². The van der Waals surface area contributed by atoms with Gasteiger partial charge in [0, 0.05) is 29.1 Å². The fraction of sp³-hybridized carbons (Fsp3) is 0.143. The number of thioether (sulfide) groups is 1. The molecule has 1 amide bonds. The number of aromatic nitrogens is 3. The third-order valence-electron chi connectivity index (χ3n) is 4.43. The maximum absolute atomic E-state index is 12.7. The number of nitrogens with one attached hydrogen (secondary N) is 1. The van der Waals surface area contributed by atoms with Gasteiger partial charge in [0.05, 0.1) is 6.33 Å². The highest BCUT2D eigenvalue weighted by molar-refractivity contribution is 7.98. The van der Waals surface area contributed by atoms with Gasteiger partial charge in [-0.3, -0.25) is 14.2 Å². The molecule has 4 rings (SSSR count). The van der Waals surface area contributed by atoms with E-state index in [4.69, 9.17) is 4.52 Å². The Morgan fingerprint density at radius 1 is 1.17 bits per heavy atom. The molecule has 0 saturated heterocycles. The molecule has 146 valence electrons. The fourth-order valence-corrected chi connectivity index (χ4v) is 3.41. The van der Waals surface area contributed by atoms with Gasteiger partial charge in [0.2, 0.25) is 5.91 Å². The van der Waals surface area contributed by atoms with Gasteiger partial charge in [-0.1, -0.05) is 41.6 Å². The molecular weight excluding hydrogens is 388 g/mol. The third-order valence-corrected chi connectivity index (χ3v) is 5.15. The zero-order valence-electron chi connectivity index (χ0n) is 15.7. The van der Waals surface area contributed by atoms with Gasteiger partial charge in [-0.25, -0.2) is 4.98 Å². The van der Waals surface area contributed by atoms with E-state index in [0.717, 1.165) is 16.1 Å². The topological polar surface area (TPSA) is 90.0 Å². The highest BCUT2D eigenvalue weighted by Crippen LogP contribution is 2.24. The lowest BCUT2D eigenvalue weighted by molar-refractivity contribution is -0.116. The van der Waals surface area contributed by atoms with Gasteiger partial charge >= 0.3 is 0 Å². The van der Waals surface area contributed by atoms with Crippen LogP contribution in [0.5, 0.6) is 0 Å². The molecule has 0 aliphatic heterocycles. The van der Waals surface area contributed by atoms with E-state index in [2.05, 4.69) is 15.5 Å². The molecule has 0 spiro atoms. The molecule has 0 atom stereocenters. The number of benzene rings is 2. The lowest BCUT2D eigenvalue weighted by Gasteiger charge is -2.07. The fourth-order valence-electron chi connectivity index (χ4n) is 2.95. The molecule has 8 heteroatoms. The van der Waals surface area contributed by atoms with Gasteiger partial charge in [0.1, 0.15) is 11.2 Å². The minimum atomic E-state index is -0.359. The molecule has 0 aliphatic carbocycles. The smallest absolute Gasteiger partial charge is 0.299 e. The second kappa shape index (κ2) is 8.32. The van der Waals surface area contributed by atoms with E-state index in [1.807, 2.05) is 60.9 Å². The molecule has 0 bridgehead atoms. The lowest BCUT2D eigenvalue weighted by Crippen LogP contribution is -2.23. The lowest BCUT2D eigenvalue weighted by atomic mass is 10.1. The predicted molar refractivity (Wildman–Crippen MR) is 113 cm³/mol. The first kappa shape index (κ1) is 18.9. The summed E-state index contributed by atoms with van der Waals surface area (Å²) in [7, 11) is 0. The van der Waals surface area contributed by atoms with Crippen molar-refractivity contribution in [3.8, 4) is 11.3 Å². The van der Waals surface area contributed by atoms with Gasteiger partial charge in [-0.15, -0.1) is 11.8 Å². The highest BCUT2D eigenvalue weighted by atomic mass is 32.2. The van der Waals surface area contributed by atoms with Crippen molar-refractivity contribution < 1.29 is 9.32 Å². The summed E-state index contributed by atoms with van der Waals surface area (Å²) in [5.74, 6) is -0.183. The molecule has 1 N–H and O–H groups in total. The first-order valence-electron chi connectivity index (χ1n) is 9.00. The van der Waals surface area contributed by atoms with E-state index >= 15 is 0 Å². The third kappa shape index (κ3) is 4.07. The van der Waals surface area contributed by atoms with Gasteiger partial charge in [0.25, 0.3) is 11.1 Å². The monoisotopic (exact) mass is 406 g/mol. The molecular formula is C21H18N4O3S. The van der Waals surface area contributed by atoms with Crippen LogP contribution in [0.3, 0.4) is 0 Å². The number of hydrogen-bond acceptors (Lipinski definition) is 6. The maximum Gasteiger partial charge on any atom is 0.299 e. The number of nitrogens with zero attached hydrogens (tertiary/aromatic N) is 3. The Morgan fingerprint density at radius 2 is 2.00 bits per heavy atom. The zero-order chi connectivity index (χ0) is 20.2. The first-order chi connectivity index (χ1) is 14.2. The van der Waals surface area contributed by atoms with Crippen molar-refractivity contribution in [3.63, 3.8) is 0 Å². The number of carbonyl (C=O) groups excluding carboxylic acids is 1.